The van der Waals surface area contributed by atoms with Crippen molar-refractivity contribution in [1.29, 1.82) is 0 Å². The predicted octanol–water partition coefficient (Wildman–Crippen LogP) is 4.43. The van der Waals surface area contributed by atoms with E-state index in [0.717, 1.165) is 5.56 Å². The second-order valence-electron chi connectivity index (χ2n) is 7.20. The lowest BCUT2D eigenvalue weighted by atomic mass is 10.1. The molecule has 2 aromatic heterocycles. The van der Waals surface area contributed by atoms with Crippen LogP contribution >= 0.6 is 11.6 Å². The molecule has 168 valence electrons. The molecule has 0 radical (unpaired) electrons. The molecule has 8 nitrogen and oxygen atoms in total. The van der Waals surface area contributed by atoms with E-state index in [9.17, 15) is 9.59 Å². The number of hydrogen-bond donors (Lipinski definition) is 2. The van der Waals surface area contributed by atoms with Crippen LogP contribution in [0.15, 0.2) is 77.5 Å². The van der Waals surface area contributed by atoms with Gasteiger partial charge in [0.15, 0.2) is 5.69 Å². The SMILES string of the molecule is Cn1cc(NC(=O)c2cccc(COc3ccccc3Cl)c2)c(C(=O)NCc2ccco2)n1. The zero-order chi connectivity index (χ0) is 23.2. The Morgan fingerprint density at radius 1 is 1.09 bits per heavy atom. The van der Waals surface area contributed by atoms with Crippen LogP contribution in [-0.4, -0.2) is 21.6 Å². The highest BCUT2D eigenvalue weighted by Crippen LogP contribution is 2.24. The summed E-state index contributed by atoms with van der Waals surface area (Å²) in [6.07, 6.45) is 3.10. The van der Waals surface area contributed by atoms with Gasteiger partial charge >= 0.3 is 0 Å². The summed E-state index contributed by atoms with van der Waals surface area (Å²) in [7, 11) is 1.67. The molecule has 2 N–H and O–H groups in total. The Balaban J connectivity index is 1.42. The van der Waals surface area contributed by atoms with Gasteiger partial charge in [-0.15, -0.1) is 0 Å². The van der Waals surface area contributed by atoms with Crippen LogP contribution in [0, 0.1) is 0 Å². The molecule has 9 heteroatoms. The zero-order valence-electron chi connectivity index (χ0n) is 17.7. The number of hydrogen-bond acceptors (Lipinski definition) is 5. The number of benzene rings is 2. The molecule has 0 bridgehead atoms. The summed E-state index contributed by atoms with van der Waals surface area (Å²) >= 11 is 6.12. The van der Waals surface area contributed by atoms with Gasteiger partial charge in [0, 0.05) is 18.8 Å². The lowest BCUT2D eigenvalue weighted by Crippen LogP contribution is -2.25. The number of aromatic nitrogens is 2. The van der Waals surface area contributed by atoms with Gasteiger partial charge < -0.3 is 19.8 Å². The number of nitrogens with one attached hydrogen (secondary N) is 2. The van der Waals surface area contributed by atoms with Gasteiger partial charge in [-0.25, -0.2) is 0 Å². The van der Waals surface area contributed by atoms with E-state index in [-0.39, 0.29) is 24.8 Å². The smallest absolute Gasteiger partial charge is 0.274 e. The highest BCUT2D eigenvalue weighted by Gasteiger charge is 2.19. The molecule has 0 spiro atoms. The molecule has 33 heavy (non-hydrogen) atoms. The third kappa shape index (κ3) is 5.61. The van der Waals surface area contributed by atoms with Gasteiger partial charge in [0.25, 0.3) is 11.8 Å². The summed E-state index contributed by atoms with van der Waals surface area (Å²) in [6, 6.07) is 17.7. The topological polar surface area (TPSA) is 98.4 Å². The minimum atomic E-state index is -0.427. The quantitative estimate of drug-likeness (QED) is 0.402. The average Bonchev–Trinajstić information content (AvgIpc) is 3.46. The molecule has 0 saturated heterocycles. The van der Waals surface area contributed by atoms with Gasteiger partial charge in [-0.2, -0.15) is 5.10 Å². The predicted molar refractivity (Wildman–Crippen MR) is 123 cm³/mol. The molecule has 4 rings (SSSR count). The fraction of sp³-hybridized carbons (Fsp3) is 0.125. The lowest BCUT2D eigenvalue weighted by molar-refractivity contribution is 0.0943. The normalized spacial score (nSPS) is 10.6. The zero-order valence-corrected chi connectivity index (χ0v) is 18.5. The van der Waals surface area contributed by atoms with E-state index < -0.39 is 5.91 Å². The molecule has 0 atom stereocenters. The van der Waals surface area contributed by atoms with Crippen molar-refractivity contribution < 1.29 is 18.7 Å². The van der Waals surface area contributed by atoms with Gasteiger partial charge in [-0.05, 0) is 42.0 Å². The lowest BCUT2D eigenvalue weighted by Gasteiger charge is -2.10. The Bertz CT molecular complexity index is 1270. The maximum absolute atomic E-state index is 12.9. The minimum absolute atomic E-state index is 0.107. The number of carbonyl (C=O) groups excluding carboxylic acids is 2. The van der Waals surface area contributed by atoms with Gasteiger partial charge in [0.05, 0.1) is 23.5 Å². The second kappa shape index (κ2) is 10.1. The molecule has 2 heterocycles. The standard InChI is InChI=1S/C24H21ClN4O4/c1-29-14-20(22(28-29)24(31)26-13-18-8-5-11-32-18)27-23(30)17-7-4-6-16(12-17)15-33-21-10-3-2-9-19(21)25/h2-12,14H,13,15H2,1H3,(H,26,31)(H,27,30). The van der Waals surface area contributed by atoms with Crippen molar-refractivity contribution in [3.8, 4) is 5.75 Å². The summed E-state index contributed by atoms with van der Waals surface area (Å²) in [5.74, 6) is 0.377. The fourth-order valence-electron chi connectivity index (χ4n) is 3.13. The summed E-state index contributed by atoms with van der Waals surface area (Å²) in [5.41, 5.74) is 1.62. The molecular weight excluding hydrogens is 444 g/mol. The first-order valence-electron chi connectivity index (χ1n) is 10.1. The molecule has 0 unspecified atom stereocenters. The number of halogens is 1. The highest BCUT2D eigenvalue weighted by atomic mass is 35.5. The van der Waals surface area contributed by atoms with E-state index in [4.69, 9.17) is 20.8 Å². The van der Waals surface area contributed by atoms with Crippen LogP contribution in [0.1, 0.15) is 32.2 Å². The van der Waals surface area contributed by atoms with Crippen molar-refractivity contribution in [2.75, 3.05) is 5.32 Å². The third-order valence-electron chi connectivity index (χ3n) is 4.72. The van der Waals surface area contributed by atoms with E-state index in [2.05, 4.69) is 15.7 Å². The first-order valence-corrected chi connectivity index (χ1v) is 10.5. The largest absolute Gasteiger partial charge is 0.487 e. The Labute approximate surface area is 195 Å². The minimum Gasteiger partial charge on any atom is -0.487 e. The summed E-state index contributed by atoms with van der Waals surface area (Å²) in [5, 5.41) is 10.2. The van der Waals surface area contributed by atoms with Crippen LogP contribution in [0.2, 0.25) is 5.02 Å². The Morgan fingerprint density at radius 3 is 2.73 bits per heavy atom. The van der Waals surface area contributed by atoms with Gasteiger partial charge in [-0.3, -0.25) is 14.3 Å². The number of aryl methyl sites for hydroxylation is 1. The van der Waals surface area contributed by atoms with E-state index in [1.54, 1.807) is 55.7 Å². The highest BCUT2D eigenvalue weighted by molar-refractivity contribution is 6.32. The molecule has 0 aliphatic carbocycles. The van der Waals surface area contributed by atoms with Crippen molar-refractivity contribution in [3.63, 3.8) is 0 Å². The molecule has 2 aromatic carbocycles. The Hall–Kier alpha value is -4.04. The van der Waals surface area contributed by atoms with Crippen molar-refractivity contribution in [3.05, 3.63) is 101 Å². The fourth-order valence-corrected chi connectivity index (χ4v) is 3.32. The van der Waals surface area contributed by atoms with Gasteiger partial charge in [-0.1, -0.05) is 35.9 Å². The molecule has 0 aliphatic rings. The van der Waals surface area contributed by atoms with Crippen molar-refractivity contribution in [1.82, 2.24) is 15.1 Å². The van der Waals surface area contributed by atoms with Gasteiger partial charge in [0.2, 0.25) is 0 Å². The number of amides is 2. The van der Waals surface area contributed by atoms with Crippen LogP contribution < -0.4 is 15.4 Å². The first-order chi connectivity index (χ1) is 16.0. The first kappa shape index (κ1) is 22.2. The monoisotopic (exact) mass is 464 g/mol. The van der Waals surface area contributed by atoms with Crippen molar-refractivity contribution in [2.45, 2.75) is 13.2 Å². The number of ether oxygens (including phenoxy) is 1. The van der Waals surface area contributed by atoms with E-state index in [1.165, 1.54) is 10.9 Å². The number of nitrogens with zero attached hydrogens (tertiary/aromatic N) is 2. The summed E-state index contributed by atoms with van der Waals surface area (Å²) in [6.45, 7) is 0.460. The summed E-state index contributed by atoms with van der Waals surface area (Å²) in [4.78, 5) is 25.5. The van der Waals surface area contributed by atoms with Crippen LogP contribution in [0.5, 0.6) is 5.75 Å². The average molecular weight is 465 g/mol. The molecule has 0 saturated carbocycles. The molecule has 0 aliphatic heterocycles. The molecular formula is C24H21ClN4O4. The molecule has 2 amide bonds. The number of rotatable bonds is 8. The Morgan fingerprint density at radius 2 is 1.94 bits per heavy atom. The van der Waals surface area contributed by atoms with Crippen LogP contribution in [-0.2, 0) is 20.2 Å². The van der Waals surface area contributed by atoms with Crippen LogP contribution in [0.3, 0.4) is 0 Å². The van der Waals surface area contributed by atoms with E-state index >= 15 is 0 Å². The number of anilines is 1. The van der Waals surface area contributed by atoms with Crippen molar-refractivity contribution >= 4 is 29.1 Å². The second-order valence-corrected chi connectivity index (χ2v) is 7.61. The maximum Gasteiger partial charge on any atom is 0.274 e. The van der Waals surface area contributed by atoms with Crippen LogP contribution in [0.25, 0.3) is 0 Å². The third-order valence-corrected chi connectivity index (χ3v) is 5.03. The van der Waals surface area contributed by atoms with E-state index in [0.29, 0.717) is 27.8 Å². The summed E-state index contributed by atoms with van der Waals surface area (Å²) < 4.78 is 12.4. The number of carbonyl (C=O) groups is 2. The molecule has 0 fully saturated rings. The van der Waals surface area contributed by atoms with Crippen molar-refractivity contribution in [2.24, 2.45) is 7.05 Å². The Kier molecular flexibility index (Phi) is 6.75. The number of para-hydroxylation sites is 1. The van der Waals surface area contributed by atoms with Crippen LogP contribution in [0.4, 0.5) is 5.69 Å². The van der Waals surface area contributed by atoms with E-state index in [1.807, 2.05) is 18.2 Å². The number of furan rings is 1. The van der Waals surface area contributed by atoms with Gasteiger partial charge in [0.1, 0.15) is 18.1 Å². The molecule has 4 aromatic rings. The maximum atomic E-state index is 12.9.